The molecule has 0 aromatic carbocycles. The number of halogens is 1. The summed E-state index contributed by atoms with van der Waals surface area (Å²) in [4.78, 5) is 1.29. The van der Waals surface area contributed by atoms with Crippen LogP contribution >= 0.6 is 27.3 Å². The minimum absolute atomic E-state index is 0.576. The minimum Gasteiger partial charge on any atom is -0.311 e. The number of nitrogens with zero attached hydrogens (tertiary/aromatic N) is 1. The van der Waals surface area contributed by atoms with Gasteiger partial charge < -0.3 is 5.32 Å². The summed E-state index contributed by atoms with van der Waals surface area (Å²) in [5.74, 6) is 0. The van der Waals surface area contributed by atoms with E-state index in [1.54, 1.807) is 11.3 Å². The van der Waals surface area contributed by atoms with Crippen LogP contribution in [0.15, 0.2) is 15.9 Å². The lowest BCUT2D eigenvalue weighted by Crippen LogP contribution is -2.12. The van der Waals surface area contributed by atoms with E-state index in [0.717, 1.165) is 16.9 Å². The van der Waals surface area contributed by atoms with E-state index in [1.807, 2.05) is 6.07 Å². The Bertz CT molecular complexity index is 277. The summed E-state index contributed by atoms with van der Waals surface area (Å²) in [6.45, 7) is 1.63. The molecule has 4 heteroatoms. The quantitative estimate of drug-likeness (QED) is 0.827. The monoisotopic (exact) mass is 244 g/mol. The third-order valence-corrected chi connectivity index (χ3v) is 2.97. The van der Waals surface area contributed by atoms with Crippen molar-refractivity contribution < 1.29 is 0 Å². The van der Waals surface area contributed by atoms with Gasteiger partial charge in [0, 0.05) is 24.4 Å². The molecule has 1 aromatic heterocycles. The highest BCUT2D eigenvalue weighted by molar-refractivity contribution is 9.11. The molecule has 0 fully saturated rings. The highest BCUT2D eigenvalue weighted by Crippen LogP contribution is 2.21. The molecule has 12 heavy (non-hydrogen) atoms. The first-order chi connectivity index (χ1) is 5.83. The van der Waals surface area contributed by atoms with Crippen LogP contribution in [0.3, 0.4) is 0 Å². The van der Waals surface area contributed by atoms with Crippen LogP contribution in [-0.4, -0.2) is 6.54 Å². The fraction of sp³-hybridized carbons (Fsp3) is 0.375. The summed E-state index contributed by atoms with van der Waals surface area (Å²) >= 11 is 5.11. The highest BCUT2D eigenvalue weighted by Gasteiger charge is 1.95. The first-order valence-electron chi connectivity index (χ1n) is 3.65. The van der Waals surface area contributed by atoms with Gasteiger partial charge in [0.1, 0.15) is 0 Å². The number of thiophene rings is 1. The Balaban J connectivity index is 2.21. The number of rotatable bonds is 4. The Hall–Kier alpha value is -0.370. The first kappa shape index (κ1) is 9.72. The number of hydrogen-bond donors (Lipinski definition) is 1. The molecule has 2 nitrogen and oxygen atoms in total. The van der Waals surface area contributed by atoms with Gasteiger partial charge in [-0.15, -0.1) is 11.3 Å². The second-order valence-corrected chi connectivity index (χ2v) is 4.84. The number of hydrogen-bond acceptors (Lipinski definition) is 3. The molecule has 1 heterocycles. The van der Waals surface area contributed by atoms with E-state index in [9.17, 15) is 0 Å². The molecule has 0 unspecified atom stereocenters. The maximum atomic E-state index is 8.27. The molecule has 0 radical (unpaired) electrons. The lowest BCUT2D eigenvalue weighted by atomic mass is 10.4. The fourth-order valence-electron chi connectivity index (χ4n) is 0.803. The summed E-state index contributed by atoms with van der Waals surface area (Å²) in [5.41, 5.74) is 0. The predicted molar refractivity (Wildman–Crippen MR) is 54.0 cm³/mol. The van der Waals surface area contributed by atoms with Crippen molar-refractivity contribution in [1.29, 1.82) is 5.26 Å². The maximum Gasteiger partial charge on any atom is 0.0701 e. The van der Waals surface area contributed by atoms with Gasteiger partial charge in [0.15, 0.2) is 0 Å². The summed E-state index contributed by atoms with van der Waals surface area (Å²) < 4.78 is 1.15. The van der Waals surface area contributed by atoms with Gasteiger partial charge in [0.2, 0.25) is 0 Å². The predicted octanol–water partition coefficient (Wildman–Crippen LogP) is 2.51. The number of nitrogens with one attached hydrogen (secondary N) is 1. The molecule has 1 N–H and O–H groups in total. The molecule has 0 aliphatic carbocycles. The molecule has 0 spiro atoms. The normalized spacial score (nSPS) is 9.67. The van der Waals surface area contributed by atoms with E-state index < -0.39 is 0 Å². The van der Waals surface area contributed by atoms with Crippen LogP contribution < -0.4 is 5.32 Å². The summed E-state index contributed by atoms with van der Waals surface area (Å²) in [7, 11) is 0. The van der Waals surface area contributed by atoms with Crippen molar-refractivity contribution in [3.8, 4) is 6.07 Å². The van der Waals surface area contributed by atoms with Crippen LogP contribution in [0.1, 0.15) is 11.3 Å². The molecule has 1 rings (SSSR count). The lowest BCUT2D eigenvalue weighted by molar-refractivity contribution is 0.706. The third-order valence-electron chi connectivity index (χ3n) is 1.34. The van der Waals surface area contributed by atoms with Gasteiger partial charge in [-0.2, -0.15) is 5.26 Å². The third kappa shape index (κ3) is 3.35. The topological polar surface area (TPSA) is 35.8 Å². The summed E-state index contributed by atoms with van der Waals surface area (Å²) in [5, 5.41) is 11.5. The van der Waals surface area contributed by atoms with Crippen molar-refractivity contribution in [2.75, 3.05) is 6.54 Å². The second-order valence-electron chi connectivity index (χ2n) is 2.29. The zero-order valence-electron chi connectivity index (χ0n) is 6.51. The van der Waals surface area contributed by atoms with Gasteiger partial charge in [-0.05, 0) is 28.1 Å². The van der Waals surface area contributed by atoms with E-state index in [2.05, 4.69) is 33.4 Å². The summed E-state index contributed by atoms with van der Waals surface area (Å²) in [6.07, 6.45) is 0.576. The molecular formula is C8H9BrN2S. The van der Waals surface area contributed by atoms with Crippen molar-refractivity contribution >= 4 is 27.3 Å². The van der Waals surface area contributed by atoms with E-state index >= 15 is 0 Å². The van der Waals surface area contributed by atoms with Crippen LogP contribution in [0.4, 0.5) is 0 Å². The Kier molecular flexibility index (Phi) is 4.30. The van der Waals surface area contributed by atoms with Crippen molar-refractivity contribution in [1.82, 2.24) is 5.32 Å². The lowest BCUT2D eigenvalue weighted by Gasteiger charge is -1.97. The minimum atomic E-state index is 0.576. The van der Waals surface area contributed by atoms with Crippen molar-refractivity contribution in [2.45, 2.75) is 13.0 Å². The zero-order valence-corrected chi connectivity index (χ0v) is 8.91. The second kappa shape index (κ2) is 5.31. The molecule has 0 aliphatic rings. The Morgan fingerprint density at radius 1 is 1.58 bits per heavy atom. The van der Waals surface area contributed by atoms with E-state index in [1.165, 1.54) is 4.88 Å². The van der Waals surface area contributed by atoms with Gasteiger partial charge in [0.25, 0.3) is 0 Å². The molecule has 0 amide bonds. The SMILES string of the molecule is N#CCCNCc1ccc(Br)s1. The Morgan fingerprint density at radius 3 is 3.00 bits per heavy atom. The summed E-state index contributed by atoms with van der Waals surface area (Å²) in [6, 6.07) is 6.20. The number of nitriles is 1. The Labute approximate surface area is 84.3 Å². The van der Waals surface area contributed by atoms with Crippen LogP contribution in [0.25, 0.3) is 0 Å². The van der Waals surface area contributed by atoms with Crippen molar-refractivity contribution in [2.24, 2.45) is 0 Å². The van der Waals surface area contributed by atoms with E-state index in [4.69, 9.17) is 5.26 Å². The molecule has 0 saturated heterocycles. The highest BCUT2D eigenvalue weighted by atomic mass is 79.9. The molecule has 1 aromatic rings. The van der Waals surface area contributed by atoms with Crippen molar-refractivity contribution in [3.05, 3.63) is 20.8 Å². The molecule has 0 aliphatic heterocycles. The van der Waals surface area contributed by atoms with Crippen LogP contribution in [0.5, 0.6) is 0 Å². The van der Waals surface area contributed by atoms with Crippen LogP contribution in [0.2, 0.25) is 0 Å². The van der Waals surface area contributed by atoms with Crippen LogP contribution in [0, 0.1) is 11.3 Å². The van der Waals surface area contributed by atoms with Gasteiger partial charge in [-0.25, -0.2) is 0 Å². The van der Waals surface area contributed by atoms with E-state index in [-0.39, 0.29) is 0 Å². The molecule has 0 atom stereocenters. The molecule has 0 saturated carbocycles. The van der Waals surface area contributed by atoms with Gasteiger partial charge >= 0.3 is 0 Å². The maximum absolute atomic E-state index is 8.27. The van der Waals surface area contributed by atoms with Gasteiger partial charge in [-0.3, -0.25) is 0 Å². The average molecular weight is 245 g/mol. The molecule has 64 valence electrons. The molecular weight excluding hydrogens is 236 g/mol. The van der Waals surface area contributed by atoms with Gasteiger partial charge in [0.05, 0.1) is 9.86 Å². The standard InChI is InChI=1S/C8H9BrN2S/c9-8-3-2-7(12-8)6-11-5-1-4-10/h2-3,11H,1,5-6H2. The van der Waals surface area contributed by atoms with E-state index in [0.29, 0.717) is 6.42 Å². The van der Waals surface area contributed by atoms with Crippen LogP contribution in [-0.2, 0) is 6.54 Å². The fourth-order valence-corrected chi connectivity index (χ4v) is 2.26. The smallest absolute Gasteiger partial charge is 0.0701 e. The first-order valence-corrected chi connectivity index (χ1v) is 5.26. The Morgan fingerprint density at radius 2 is 2.42 bits per heavy atom. The average Bonchev–Trinajstić information content (AvgIpc) is 2.45. The van der Waals surface area contributed by atoms with Crippen molar-refractivity contribution in [3.63, 3.8) is 0 Å². The van der Waals surface area contributed by atoms with Gasteiger partial charge in [-0.1, -0.05) is 0 Å². The molecule has 0 bridgehead atoms. The zero-order chi connectivity index (χ0) is 8.81. The largest absolute Gasteiger partial charge is 0.311 e.